The molecule has 1 amide bonds. The van der Waals surface area contributed by atoms with Gasteiger partial charge in [-0.3, -0.25) is 9.79 Å². The molecule has 2 unspecified atom stereocenters. The number of halogens is 1. The van der Waals surface area contributed by atoms with Crippen LogP contribution >= 0.6 is 24.0 Å². The molecule has 2 heterocycles. The zero-order valence-corrected chi connectivity index (χ0v) is 18.8. The minimum absolute atomic E-state index is 0. The van der Waals surface area contributed by atoms with Gasteiger partial charge in [0, 0.05) is 51.1 Å². The van der Waals surface area contributed by atoms with Gasteiger partial charge in [-0.25, -0.2) is 0 Å². The van der Waals surface area contributed by atoms with Crippen molar-refractivity contribution in [1.29, 1.82) is 0 Å². The molecule has 0 aromatic heterocycles. The monoisotopic (exact) mass is 494 g/mol. The lowest BCUT2D eigenvalue weighted by Gasteiger charge is -2.36. The smallest absolute Gasteiger partial charge is 0.225 e. The summed E-state index contributed by atoms with van der Waals surface area (Å²) in [6.07, 6.45) is 4.65. The quantitative estimate of drug-likeness (QED) is 0.350. The molecule has 3 aliphatic rings. The number of hydrogen-bond acceptors (Lipinski definition) is 4. The van der Waals surface area contributed by atoms with Crippen LogP contribution in [-0.2, 0) is 9.53 Å². The number of amides is 1. The third-order valence-electron chi connectivity index (χ3n) is 5.90. The number of hydrogen-bond donors (Lipinski definition) is 2. The number of likely N-dealkylation sites (tertiary alicyclic amines) is 1. The van der Waals surface area contributed by atoms with Crippen LogP contribution in [0.2, 0.25) is 0 Å². The summed E-state index contributed by atoms with van der Waals surface area (Å²) < 4.78 is 5.35. The van der Waals surface area contributed by atoms with Crippen LogP contribution in [0.5, 0.6) is 0 Å². The Balaban J connectivity index is 0.00000261. The van der Waals surface area contributed by atoms with Crippen molar-refractivity contribution in [2.75, 3.05) is 52.5 Å². The number of nitrogens with one attached hydrogen (secondary N) is 1. The van der Waals surface area contributed by atoms with Gasteiger partial charge in [-0.1, -0.05) is 6.42 Å². The average molecular weight is 494 g/mol. The molecular weight excluding hydrogens is 459 g/mol. The fraction of sp³-hybridized carbons (Fsp3) is 0.895. The lowest BCUT2D eigenvalue weighted by atomic mass is 9.95. The summed E-state index contributed by atoms with van der Waals surface area (Å²) in [6, 6.07) is 0. The Morgan fingerprint density at radius 2 is 1.81 bits per heavy atom. The number of aliphatic imine (C=N–C) groups is 1. The second kappa shape index (κ2) is 11.4. The van der Waals surface area contributed by atoms with Crippen LogP contribution in [0.3, 0.4) is 0 Å². The second-order valence-corrected chi connectivity index (χ2v) is 7.65. The summed E-state index contributed by atoms with van der Waals surface area (Å²) >= 11 is 0. The molecule has 2 saturated heterocycles. The van der Waals surface area contributed by atoms with Gasteiger partial charge >= 0.3 is 0 Å². The van der Waals surface area contributed by atoms with Crippen LogP contribution in [0.15, 0.2) is 4.99 Å². The van der Waals surface area contributed by atoms with E-state index in [2.05, 4.69) is 17.1 Å². The van der Waals surface area contributed by atoms with Crippen molar-refractivity contribution in [2.45, 2.75) is 45.1 Å². The highest BCUT2D eigenvalue weighted by atomic mass is 127. The molecule has 0 aromatic carbocycles. The Kier molecular flexibility index (Phi) is 9.58. The van der Waals surface area contributed by atoms with Gasteiger partial charge in [0.05, 0.1) is 19.3 Å². The maximum atomic E-state index is 12.7. The number of aliphatic hydroxyl groups is 1. The van der Waals surface area contributed by atoms with E-state index in [9.17, 15) is 9.90 Å². The Morgan fingerprint density at radius 1 is 1.11 bits per heavy atom. The number of aliphatic hydroxyl groups excluding tert-OH is 1. The SMILES string of the molecule is CCNC(=NCC1CCCC1O)N1CCC(C(=O)N2CCOCC2)CC1.I. The first-order valence-corrected chi connectivity index (χ1v) is 10.3. The standard InChI is InChI=1S/C19H34N4O3.HI/c1-2-20-19(21-14-16-4-3-5-17(16)24)23-8-6-15(7-9-23)18(25)22-10-12-26-13-11-22;/h15-17,24H,2-14H2,1H3,(H,20,21);1H. The van der Waals surface area contributed by atoms with Crippen LogP contribution < -0.4 is 5.32 Å². The van der Waals surface area contributed by atoms with E-state index in [4.69, 9.17) is 9.73 Å². The predicted molar refractivity (Wildman–Crippen MR) is 116 cm³/mol. The molecule has 0 spiro atoms. The van der Waals surface area contributed by atoms with Gasteiger partial charge in [0.2, 0.25) is 5.91 Å². The third-order valence-corrected chi connectivity index (χ3v) is 5.90. The normalized spacial score (nSPS) is 27.4. The summed E-state index contributed by atoms with van der Waals surface area (Å²) in [6.45, 7) is 8.10. The van der Waals surface area contributed by atoms with E-state index >= 15 is 0 Å². The highest BCUT2D eigenvalue weighted by Gasteiger charge is 2.31. The van der Waals surface area contributed by atoms with Gasteiger partial charge in [0.15, 0.2) is 5.96 Å². The zero-order valence-electron chi connectivity index (χ0n) is 16.4. The Bertz CT molecular complexity index is 491. The molecule has 1 aliphatic carbocycles. The zero-order chi connectivity index (χ0) is 18.4. The first kappa shape index (κ1) is 22.7. The van der Waals surface area contributed by atoms with Crippen LogP contribution in [0.25, 0.3) is 0 Å². The molecular formula is C19H35IN4O3. The van der Waals surface area contributed by atoms with Crippen LogP contribution in [-0.4, -0.2) is 85.4 Å². The fourth-order valence-corrected chi connectivity index (χ4v) is 4.24. The maximum Gasteiger partial charge on any atom is 0.225 e. The molecule has 3 rings (SSSR count). The first-order chi connectivity index (χ1) is 12.7. The van der Waals surface area contributed by atoms with Crippen molar-refractivity contribution in [3.8, 4) is 0 Å². The molecule has 7 nitrogen and oxygen atoms in total. The number of piperidine rings is 1. The molecule has 0 bridgehead atoms. The van der Waals surface area contributed by atoms with E-state index in [1.807, 2.05) is 4.90 Å². The minimum Gasteiger partial charge on any atom is -0.393 e. The van der Waals surface area contributed by atoms with Gasteiger partial charge in [-0.05, 0) is 32.6 Å². The largest absolute Gasteiger partial charge is 0.393 e. The van der Waals surface area contributed by atoms with Gasteiger partial charge in [-0.2, -0.15) is 0 Å². The van der Waals surface area contributed by atoms with Gasteiger partial charge in [-0.15, -0.1) is 24.0 Å². The van der Waals surface area contributed by atoms with Crippen molar-refractivity contribution >= 4 is 35.8 Å². The molecule has 3 fully saturated rings. The Labute approximate surface area is 179 Å². The molecule has 2 N–H and O–H groups in total. The third kappa shape index (κ3) is 6.19. The summed E-state index contributed by atoms with van der Waals surface area (Å²) in [7, 11) is 0. The van der Waals surface area contributed by atoms with Crippen molar-refractivity contribution in [1.82, 2.24) is 15.1 Å². The number of carbonyl (C=O) groups is 1. The van der Waals surface area contributed by atoms with E-state index < -0.39 is 0 Å². The second-order valence-electron chi connectivity index (χ2n) is 7.65. The number of nitrogens with zero attached hydrogens (tertiary/aromatic N) is 3. The van der Waals surface area contributed by atoms with Gasteiger partial charge in [0.25, 0.3) is 0 Å². The number of rotatable bonds is 4. The lowest BCUT2D eigenvalue weighted by molar-refractivity contribution is -0.140. The van der Waals surface area contributed by atoms with Gasteiger partial charge in [0.1, 0.15) is 0 Å². The Hall–Kier alpha value is -0.610. The maximum absolute atomic E-state index is 12.7. The molecule has 2 atom stereocenters. The van der Waals surface area contributed by atoms with Crippen molar-refractivity contribution < 1.29 is 14.6 Å². The van der Waals surface area contributed by atoms with E-state index in [1.54, 1.807) is 0 Å². The van der Waals surface area contributed by atoms with Crippen molar-refractivity contribution in [3.63, 3.8) is 0 Å². The summed E-state index contributed by atoms with van der Waals surface area (Å²) in [5, 5.41) is 13.4. The minimum atomic E-state index is -0.196. The lowest BCUT2D eigenvalue weighted by Crippen LogP contribution is -2.50. The molecule has 8 heteroatoms. The average Bonchev–Trinajstić information content (AvgIpc) is 3.10. The predicted octanol–water partition coefficient (Wildman–Crippen LogP) is 1.30. The molecule has 156 valence electrons. The van der Waals surface area contributed by atoms with E-state index in [1.165, 1.54) is 0 Å². The number of guanidine groups is 1. The number of ether oxygens (including phenoxy) is 1. The topological polar surface area (TPSA) is 77.4 Å². The van der Waals surface area contributed by atoms with E-state index in [-0.39, 0.29) is 36.0 Å². The molecule has 0 aromatic rings. The Morgan fingerprint density at radius 3 is 2.41 bits per heavy atom. The molecule has 0 radical (unpaired) electrons. The summed E-state index contributed by atoms with van der Waals surface area (Å²) in [5.74, 6) is 1.65. The van der Waals surface area contributed by atoms with Crippen molar-refractivity contribution in [2.24, 2.45) is 16.8 Å². The molecule has 2 aliphatic heterocycles. The number of carbonyl (C=O) groups excluding carboxylic acids is 1. The van der Waals surface area contributed by atoms with Crippen molar-refractivity contribution in [3.05, 3.63) is 0 Å². The summed E-state index contributed by atoms with van der Waals surface area (Å²) in [5.41, 5.74) is 0. The summed E-state index contributed by atoms with van der Waals surface area (Å²) in [4.78, 5) is 21.7. The first-order valence-electron chi connectivity index (χ1n) is 10.3. The fourth-order valence-electron chi connectivity index (χ4n) is 4.24. The van der Waals surface area contributed by atoms with E-state index in [0.29, 0.717) is 31.6 Å². The highest BCUT2D eigenvalue weighted by molar-refractivity contribution is 14.0. The number of morpholine rings is 1. The van der Waals surface area contributed by atoms with Crippen LogP contribution in [0.4, 0.5) is 0 Å². The van der Waals surface area contributed by atoms with Crippen LogP contribution in [0.1, 0.15) is 39.0 Å². The highest BCUT2D eigenvalue weighted by Crippen LogP contribution is 2.26. The molecule has 27 heavy (non-hydrogen) atoms. The van der Waals surface area contributed by atoms with E-state index in [0.717, 1.165) is 70.8 Å². The van der Waals surface area contributed by atoms with Crippen LogP contribution in [0, 0.1) is 11.8 Å². The molecule has 1 saturated carbocycles. The van der Waals surface area contributed by atoms with Gasteiger partial charge < -0.3 is 25.0 Å².